The van der Waals surface area contributed by atoms with Crippen LogP contribution in [0.3, 0.4) is 0 Å². The van der Waals surface area contributed by atoms with Crippen molar-refractivity contribution in [3.63, 3.8) is 0 Å². The fourth-order valence-electron chi connectivity index (χ4n) is 5.75. The molecule has 0 aromatic heterocycles. The number of hydrogen-bond donors (Lipinski definition) is 0. The van der Waals surface area contributed by atoms with E-state index in [4.69, 9.17) is 18.6 Å². The summed E-state index contributed by atoms with van der Waals surface area (Å²) in [6.45, 7) is 12.4. The minimum atomic E-state index is -0.556. The van der Waals surface area contributed by atoms with Gasteiger partial charge in [0.05, 0.1) is 0 Å². The number of rotatable bonds is 2. The van der Waals surface area contributed by atoms with Crippen LogP contribution in [0.1, 0.15) is 47.5 Å². The first-order valence-corrected chi connectivity index (χ1v) is 13.4. The van der Waals surface area contributed by atoms with Crippen molar-refractivity contribution in [2.45, 2.75) is 47.5 Å². The van der Waals surface area contributed by atoms with Gasteiger partial charge in [0.15, 0.2) is 0 Å². The van der Waals surface area contributed by atoms with E-state index in [1.807, 2.05) is 0 Å². The summed E-state index contributed by atoms with van der Waals surface area (Å²) < 4.78 is 0. The van der Waals surface area contributed by atoms with Gasteiger partial charge < -0.3 is 13.3 Å². The molecule has 0 radical (unpaired) electrons. The van der Waals surface area contributed by atoms with E-state index in [2.05, 4.69) is 58.9 Å². The summed E-state index contributed by atoms with van der Waals surface area (Å²) in [5.41, 5.74) is 0. The second kappa shape index (κ2) is 10.2. The normalized spacial score (nSPS) is 41.9. The quantitative estimate of drug-likeness (QED) is 0.333. The fraction of sp³-hybridized carbons (Fsp3) is 0.714. The van der Waals surface area contributed by atoms with E-state index < -0.39 is 17.0 Å². The van der Waals surface area contributed by atoms with Gasteiger partial charge in [-0.1, -0.05) is 63.8 Å². The first kappa shape index (κ1) is 22.8. The van der Waals surface area contributed by atoms with Gasteiger partial charge in [-0.15, -0.1) is 0 Å². The van der Waals surface area contributed by atoms with Crippen molar-refractivity contribution in [1.82, 2.24) is 0 Å². The van der Waals surface area contributed by atoms with Crippen molar-refractivity contribution in [3.8, 4) is 0 Å². The summed E-state index contributed by atoms with van der Waals surface area (Å²) in [5.74, 6) is 8.58. The van der Waals surface area contributed by atoms with Crippen molar-refractivity contribution in [3.05, 3.63) is 37.6 Å². The zero-order valence-electron chi connectivity index (χ0n) is 16.1. The van der Waals surface area contributed by atoms with Crippen molar-refractivity contribution in [2.75, 3.05) is 0 Å². The van der Waals surface area contributed by atoms with Crippen LogP contribution in [0.25, 0.3) is 0 Å². The van der Waals surface area contributed by atoms with Gasteiger partial charge in [-0.2, -0.15) is 18.8 Å². The van der Waals surface area contributed by atoms with Crippen molar-refractivity contribution < 1.29 is 17.0 Å². The van der Waals surface area contributed by atoms with Crippen LogP contribution in [0.2, 0.25) is 0 Å². The van der Waals surface area contributed by atoms with E-state index >= 15 is 0 Å². The third-order valence-corrected chi connectivity index (χ3v) is 7.32. The molecule has 0 aromatic carbocycles. The van der Waals surface area contributed by atoms with Gasteiger partial charge in [-0.25, -0.2) is 0 Å². The van der Waals surface area contributed by atoms with E-state index in [9.17, 15) is 0 Å². The average molecular weight is 405 g/mol. The second-order valence-electron chi connectivity index (χ2n) is 7.94. The van der Waals surface area contributed by atoms with E-state index in [1.54, 1.807) is 5.92 Å². The van der Waals surface area contributed by atoms with E-state index in [-0.39, 0.29) is 7.43 Å². The number of hydrogen-bond acceptors (Lipinski definition) is 0. The Bertz CT molecular complexity index is 420. The Hall–Kier alpha value is 0.774. The molecule has 0 saturated heterocycles. The molecule has 4 unspecified atom stereocenters. The Balaban J connectivity index is 0.000000671. The van der Waals surface area contributed by atoms with Crippen molar-refractivity contribution >= 4 is 18.6 Å². The zero-order valence-corrected chi connectivity index (χ0v) is 19.2. The summed E-state index contributed by atoms with van der Waals surface area (Å²) in [4.78, 5) is 0. The van der Waals surface area contributed by atoms with Crippen LogP contribution >= 0.6 is 18.6 Å². The fourth-order valence-corrected chi connectivity index (χ4v) is 5.75. The van der Waals surface area contributed by atoms with E-state index in [0.29, 0.717) is 0 Å². The van der Waals surface area contributed by atoms with Gasteiger partial charge in [-0.3, -0.25) is 0 Å². The molecule has 3 aliphatic carbocycles. The monoisotopic (exact) mass is 404 g/mol. The van der Waals surface area contributed by atoms with Crippen LogP contribution in [-0.2, 0) is 17.0 Å². The standard InChI is InChI=1S/C20H31.CH3.2ClH.Ti/c1-12-13(2)15(4)20(14(12)3)16(5)18-11-10-17-8-6-7-9-19(17)18;;;;/h6-9,12,14-20H,10-11H2,1-5H3;1H3;2*1H;/q2*-1;;;+2/p-2/t12-,14?,15?,16+,17?,18-,19?,20-;;;;/m1..../s1. The van der Waals surface area contributed by atoms with Crippen molar-refractivity contribution in [1.29, 1.82) is 0 Å². The molecule has 8 atom stereocenters. The van der Waals surface area contributed by atoms with E-state index in [0.717, 1.165) is 47.3 Å². The van der Waals surface area contributed by atoms with Gasteiger partial charge in [0.1, 0.15) is 0 Å². The Morgan fingerprint density at radius 2 is 1.62 bits per heavy atom. The molecule has 0 aromatic rings. The second-order valence-corrected chi connectivity index (χ2v) is 10.5. The van der Waals surface area contributed by atoms with Crippen LogP contribution in [0.4, 0.5) is 0 Å². The topological polar surface area (TPSA) is 0 Å². The summed E-state index contributed by atoms with van der Waals surface area (Å²) in [7, 11) is 9.78. The molecule has 2 fully saturated rings. The predicted molar refractivity (Wildman–Crippen MR) is 105 cm³/mol. The van der Waals surface area contributed by atoms with Gasteiger partial charge in [0, 0.05) is 0 Å². The number of halogens is 2. The SMILES string of the molecule is C[C-]1C(C)[C@H]([C@@H](C)[C@H]2CCC3C=CC=CC32)C(C)[C@@H]1C.[CH3-].[Cl][Ti][Cl]. The van der Waals surface area contributed by atoms with Crippen LogP contribution in [0.15, 0.2) is 24.3 Å². The van der Waals surface area contributed by atoms with Gasteiger partial charge in [-0.05, 0) is 36.5 Å². The molecule has 0 heterocycles. The molecular formula is C21H34Cl2Ti-2. The number of allylic oxidation sites excluding steroid dienone is 4. The molecule has 24 heavy (non-hydrogen) atoms. The Morgan fingerprint density at radius 3 is 2.17 bits per heavy atom. The molecule has 0 amide bonds. The number of fused-ring (bicyclic) bond motifs is 1. The average Bonchev–Trinajstić information content (AvgIpc) is 3.04. The zero-order chi connectivity index (χ0) is 17.1. The first-order valence-electron chi connectivity index (χ1n) is 9.08. The molecular weight excluding hydrogens is 371 g/mol. The maximum absolute atomic E-state index is 4.89. The molecule has 0 aliphatic heterocycles. The summed E-state index contributed by atoms with van der Waals surface area (Å²) in [5, 5.41) is 0. The van der Waals surface area contributed by atoms with Gasteiger partial charge >= 0.3 is 35.6 Å². The summed E-state index contributed by atoms with van der Waals surface area (Å²) in [6, 6.07) is 0. The van der Waals surface area contributed by atoms with Crippen LogP contribution in [0.5, 0.6) is 0 Å². The van der Waals surface area contributed by atoms with Crippen LogP contribution in [-0.4, -0.2) is 0 Å². The third kappa shape index (κ3) is 4.54. The van der Waals surface area contributed by atoms with Crippen molar-refractivity contribution in [2.24, 2.45) is 47.3 Å². The summed E-state index contributed by atoms with van der Waals surface area (Å²) in [6.07, 6.45) is 12.4. The molecule has 3 aliphatic rings. The summed E-state index contributed by atoms with van der Waals surface area (Å²) >= 11 is -0.556. The van der Waals surface area contributed by atoms with Crippen LogP contribution in [0, 0.1) is 60.7 Å². The Morgan fingerprint density at radius 1 is 1.04 bits per heavy atom. The molecule has 0 N–H and O–H groups in total. The molecule has 0 spiro atoms. The minimum absolute atomic E-state index is 0. The molecule has 138 valence electrons. The maximum atomic E-state index is 4.89. The molecule has 3 rings (SSSR count). The van der Waals surface area contributed by atoms with E-state index in [1.165, 1.54) is 12.8 Å². The molecule has 2 saturated carbocycles. The molecule has 0 bridgehead atoms. The predicted octanol–water partition coefficient (Wildman–Crippen LogP) is 7.35. The van der Waals surface area contributed by atoms with Gasteiger partial charge in [0.2, 0.25) is 0 Å². The molecule has 0 nitrogen and oxygen atoms in total. The van der Waals surface area contributed by atoms with Crippen LogP contribution < -0.4 is 0 Å². The Labute approximate surface area is 167 Å². The third-order valence-electron chi connectivity index (χ3n) is 7.32. The first-order chi connectivity index (χ1) is 10.9. The Kier molecular flexibility index (Phi) is 9.69. The molecule has 3 heteroatoms. The van der Waals surface area contributed by atoms with Gasteiger partial charge in [0.25, 0.3) is 0 Å².